The number of fused-ring (bicyclic) bond motifs is 1. The molecule has 0 aliphatic rings. The van der Waals surface area contributed by atoms with E-state index in [1.165, 1.54) is 18.2 Å². The molecule has 5 heteroatoms. The van der Waals surface area contributed by atoms with Gasteiger partial charge in [-0.3, -0.25) is 0 Å². The van der Waals surface area contributed by atoms with Crippen molar-refractivity contribution in [3.8, 4) is 5.75 Å². The van der Waals surface area contributed by atoms with E-state index in [4.69, 9.17) is 9.15 Å². The first-order valence-electron chi connectivity index (χ1n) is 6.14. The number of benzene rings is 2. The molecule has 0 bridgehead atoms. The lowest BCUT2D eigenvalue weighted by Crippen LogP contribution is -2.14. The summed E-state index contributed by atoms with van der Waals surface area (Å²) < 4.78 is 22.9. The van der Waals surface area contributed by atoms with Crippen molar-refractivity contribution in [2.45, 2.75) is 0 Å². The number of carbonyl (C=O) groups is 1. The Morgan fingerprint density at radius 2 is 1.76 bits per heavy atom. The number of hydrogen-bond donors (Lipinski definition) is 0. The summed E-state index contributed by atoms with van der Waals surface area (Å²) in [5.41, 5.74) is -0.197. The molecule has 2 aromatic carbocycles. The minimum Gasteiger partial charge on any atom is -0.420 e. The smallest absolute Gasteiger partial charge is 0.379 e. The minimum atomic E-state index is -0.752. The maximum atomic E-state index is 12.8. The van der Waals surface area contributed by atoms with Gasteiger partial charge in [-0.15, -0.1) is 0 Å². The molecule has 1 aromatic heterocycles. The highest BCUT2D eigenvalue weighted by atomic mass is 19.1. The number of halogens is 1. The van der Waals surface area contributed by atoms with E-state index in [1.807, 2.05) is 0 Å². The molecular weight excluding hydrogens is 275 g/mol. The standard InChI is InChI=1S/C16H9FO4/c17-12-7-5-10(6-8-12)15(18)21-14-9-11-3-1-2-4-13(11)20-16(14)19/h1-9H. The van der Waals surface area contributed by atoms with Crippen molar-refractivity contribution in [3.05, 3.63) is 76.4 Å². The van der Waals surface area contributed by atoms with Crippen LogP contribution in [0.25, 0.3) is 11.0 Å². The van der Waals surface area contributed by atoms with Crippen molar-refractivity contribution in [1.82, 2.24) is 0 Å². The third-order valence-electron chi connectivity index (χ3n) is 2.89. The normalized spacial score (nSPS) is 10.5. The quantitative estimate of drug-likeness (QED) is 0.536. The zero-order valence-corrected chi connectivity index (χ0v) is 10.7. The Labute approximate surface area is 118 Å². The summed E-state index contributed by atoms with van der Waals surface area (Å²) in [5.74, 6) is -1.42. The van der Waals surface area contributed by atoms with Crippen LogP contribution in [0.3, 0.4) is 0 Å². The van der Waals surface area contributed by atoms with Gasteiger partial charge in [-0.1, -0.05) is 18.2 Å². The number of para-hydroxylation sites is 1. The second kappa shape index (κ2) is 5.20. The predicted octanol–water partition coefficient (Wildman–Crippen LogP) is 3.15. The first-order chi connectivity index (χ1) is 10.1. The van der Waals surface area contributed by atoms with Crippen LogP contribution >= 0.6 is 0 Å². The van der Waals surface area contributed by atoms with E-state index in [1.54, 1.807) is 24.3 Å². The minimum absolute atomic E-state index is 0.143. The monoisotopic (exact) mass is 284 g/mol. The molecule has 1 heterocycles. The van der Waals surface area contributed by atoms with Crippen LogP contribution in [0.4, 0.5) is 4.39 Å². The molecule has 0 N–H and O–H groups in total. The SMILES string of the molecule is O=C(Oc1cc2ccccc2oc1=O)c1ccc(F)cc1. The zero-order valence-electron chi connectivity index (χ0n) is 10.7. The first kappa shape index (κ1) is 13.1. The fraction of sp³-hybridized carbons (Fsp3) is 0. The summed E-state index contributed by atoms with van der Waals surface area (Å²) in [5, 5.41) is 0.638. The lowest BCUT2D eigenvalue weighted by molar-refractivity contribution is 0.0729. The summed E-state index contributed by atoms with van der Waals surface area (Å²) in [6.07, 6.45) is 0. The van der Waals surface area contributed by atoms with Gasteiger partial charge in [0.2, 0.25) is 5.75 Å². The van der Waals surface area contributed by atoms with Gasteiger partial charge in [-0.25, -0.2) is 14.0 Å². The molecule has 3 rings (SSSR count). The fourth-order valence-electron chi connectivity index (χ4n) is 1.86. The first-order valence-corrected chi connectivity index (χ1v) is 6.14. The van der Waals surface area contributed by atoms with Crippen LogP contribution in [-0.2, 0) is 0 Å². The maximum absolute atomic E-state index is 12.8. The highest BCUT2D eigenvalue weighted by molar-refractivity contribution is 5.91. The van der Waals surface area contributed by atoms with Gasteiger partial charge >= 0.3 is 11.6 Å². The molecule has 0 atom stereocenters. The Hall–Kier alpha value is -2.95. The van der Waals surface area contributed by atoms with E-state index in [2.05, 4.69) is 0 Å². The summed E-state index contributed by atoms with van der Waals surface area (Å²) in [6.45, 7) is 0. The average Bonchev–Trinajstić information content (AvgIpc) is 2.48. The zero-order chi connectivity index (χ0) is 14.8. The van der Waals surface area contributed by atoms with Crippen molar-refractivity contribution < 1.29 is 18.3 Å². The molecule has 0 spiro atoms. The van der Waals surface area contributed by atoms with Crippen molar-refractivity contribution in [3.63, 3.8) is 0 Å². The summed E-state index contributed by atoms with van der Waals surface area (Å²) in [7, 11) is 0. The van der Waals surface area contributed by atoms with E-state index in [0.29, 0.717) is 11.0 Å². The Balaban J connectivity index is 1.94. The molecule has 0 aliphatic carbocycles. The van der Waals surface area contributed by atoms with Crippen molar-refractivity contribution >= 4 is 16.9 Å². The molecular formula is C16H9FO4. The van der Waals surface area contributed by atoms with E-state index < -0.39 is 17.4 Å². The molecule has 0 aliphatic heterocycles. The molecule has 4 nitrogen and oxygen atoms in total. The molecule has 0 amide bonds. The Morgan fingerprint density at radius 1 is 1.05 bits per heavy atom. The van der Waals surface area contributed by atoms with Gasteiger partial charge in [0.15, 0.2) is 0 Å². The van der Waals surface area contributed by atoms with Gasteiger partial charge in [0.05, 0.1) is 5.56 Å². The van der Waals surface area contributed by atoms with E-state index >= 15 is 0 Å². The largest absolute Gasteiger partial charge is 0.420 e. The van der Waals surface area contributed by atoms with Crippen molar-refractivity contribution in [2.75, 3.05) is 0 Å². The fourth-order valence-corrected chi connectivity index (χ4v) is 1.86. The molecule has 0 saturated carbocycles. The topological polar surface area (TPSA) is 56.5 Å². The molecule has 3 aromatic rings. The molecule has 0 radical (unpaired) electrons. The van der Waals surface area contributed by atoms with Crippen LogP contribution < -0.4 is 10.4 Å². The van der Waals surface area contributed by atoms with Crippen LogP contribution in [0.2, 0.25) is 0 Å². The number of esters is 1. The predicted molar refractivity (Wildman–Crippen MR) is 73.8 cm³/mol. The van der Waals surface area contributed by atoms with Gasteiger partial charge < -0.3 is 9.15 Å². The third-order valence-corrected chi connectivity index (χ3v) is 2.89. The van der Waals surface area contributed by atoms with Crippen molar-refractivity contribution in [2.24, 2.45) is 0 Å². The van der Waals surface area contributed by atoms with E-state index in [9.17, 15) is 14.0 Å². The summed E-state index contributed by atoms with van der Waals surface area (Å²) in [6, 6.07) is 13.1. The van der Waals surface area contributed by atoms with Crippen LogP contribution in [0, 0.1) is 5.82 Å². The molecule has 0 fully saturated rings. The molecule has 21 heavy (non-hydrogen) atoms. The maximum Gasteiger partial charge on any atom is 0.379 e. The lowest BCUT2D eigenvalue weighted by Gasteiger charge is -2.04. The van der Waals surface area contributed by atoms with Crippen LogP contribution in [0.1, 0.15) is 10.4 Å². The van der Waals surface area contributed by atoms with Crippen molar-refractivity contribution in [1.29, 1.82) is 0 Å². The Bertz CT molecular complexity index is 865. The number of hydrogen-bond acceptors (Lipinski definition) is 4. The number of carbonyl (C=O) groups excluding carboxylic acids is 1. The third kappa shape index (κ3) is 2.67. The highest BCUT2D eigenvalue weighted by Crippen LogP contribution is 2.17. The highest BCUT2D eigenvalue weighted by Gasteiger charge is 2.13. The molecule has 104 valence electrons. The molecule has 0 unspecified atom stereocenters. The van der Waals surface area contributed by atoms with E-state index in [-0.39, 0.29) is 11.3 Å². The van der Waals surface area contributed by atoms with Gasteiger partial charge in [-0.05, 0) is 36.4 Å². The summed E-state index contributed by atoms with van der Waals surface area (Å²) >= 11 is 0. The number of rotatable bonds is 2. The Kier molecular flexibility index (Phi) is 3.23. The van der Waals surface area contributed by atoms with Gasteiger partial charge in [-0.2, -0.15) is 0 Å². The van der Waals surface area contributed by atoms with Gasteiger partial charge in [0.1, 0.15) is 11.4 Å². The summed E-state index contributed by atoms with van der Waals surface area (Å²) in [4.78, 5) is 23.6. The van der Waals surface area contributed by atoms with Crippen LogP contribution in [-0.4, -0.2) is 5.97 Å². The van der Waals surface area contributed by atoms with Crippen LogP contribution in [0.5, 0.6) is 5.75 Å². The number of ether oxygens (including phenoxy) is 1. The molecule has 0 saturated heterocycles. The Morgan fingerprint density at radius 3 is 2.52 bits per heavy atom. The second-order valence-corrected chi connectivity index (χ2v) is 4.33. The van der Waals surface area contributed by atoms with E-state index in [0.717, 1.165) is 12.1 Å². The average molecular weight is 284 g/mol. The lowest BCUT2D eigenvalue weighted by atomic mass is 10.2. The van der Waals surface area contributed by atoms with Crippen LogP contribution in [0.15, 0.2) is 63.8 Å². The second-order valence-electron chi connectivity index (χ2n) is 4.33. The van der Waals surface area contributed by atoms with Gasteiger partial charge in [0.25, 0.3) is 0 Å². The van der Waals surface area contributed by atoms with Gasteiger partial charge in [0, 0.05) is 5.39 Å².